The number of hydrogen-bond acceptors (Lipinski definition) is 14. The number of nitrogens with zero attached hydrogens (tertiary/aromatic N) is 1. The number of hydrogen-bond donors (Lipinski definition) is 5. The molecule has 9 atom stereocenters. The minimum Gasteiger partial charge on any atom is -0.499 e. The first kappa shape index (κ1) is 47.4. The highest BCUT2D eigenvalue weighted by molar-refractivity contribution is 5.96. The number of hydroxylamine groups is 2. The maximum Gasteiger partial charge on any atom is 0.327 e. The molecule has 1 aromatic carbocycles. The molecule has 3 saturated heterocycles. The lowest BCUT2D eigenvalue weighted by Crippen LogP contribution is -2.71. The Balaban J connectivity index is 1.46. The minimum absolute atomic E-state index is 0.00914. The van der Waals surface area contributed by atoms with Gasteiger partial charge in [0, 0.05) is 25.7 Å². The predicted octanol–water partition coefficient (Wildman–Crippen LogP) is 3.57. The van der Waals surface area contributed by atoms with Crippen LogP contribution in [0.1, 0.15) is 123 Å². The van der Waals surface area contributed by atoms with Crippen LogP contribution in [0.15, 0.2) is 30.5 Å². The molecule has 16 heteroatoms. The highest BCUT2D eigenvalue weighted by Gasteiger charge is 2.76. The van der Waals surface area contributed by atoms with Gasteiger partial charge in [-0.05, 0) is 64.2 Å². The molecule has 0 spiro atoms. The van der Waals surface area contributed by atoms with E-state index in [4.69, 9.17) is 33.6 Å². The summed E-state index contributed by atoms with van der Waals surface area (Å²) in [5.74, 6) is -3.66. The molecule has 4 aliphatic rings. The van der Waals surface area contributed by atoms with Gasteiger partial charge in [-0.3, -0.25) is 24.0 Å². The van der Waals surface area contributed by atoms with E-state index in [1.165, 1.54) is 18.2 Å². The molecular formula is C44H67N3O13. The smallest absolute Gasteiger partial charge is 0.327 e. The Morgan fingerprint density at radius 3 is 2.37 bits per heavy atom. The lowest BCUT2D eigenvalue weighted by atomic mass is 9.62. The molecule has 1 saturated carbocycles. The molecule has 5 rings (SSSR count). The number of fused-ring (bicyclic) bond motifs is 4. The maximum atomic E-state index is 15.1. The van der Waals surface area contributed by atoms with Gasteiger partial charge in [0.05, 0.1) is 38.2 Å². The zero-order valence-corrected chi connectivity index (χ0v) is 36.1. The first-order chi connectivity index (χ1) is 28.6. The number of aliphatic hydroxyl groups excluding tert-OH is 3. The SMILES string of the molecule is CCCCCC1(CCCCC)O[C@@H]2[C@H]3ON(Cc4cccc(C=COCCO)c4)[C@H]4C(=O)OC(CC34C(=O)N[C@@H](C(=O)N[C@H](CO)CCC(=O)OC(C)(C)C)[C@H](C)O)[C@@H]2O1. The van der Waals surface area contributed by atoms with Crippen LogP contribution in [0.3, 0.4) is 0 Å². The Hall–Kier alpha value is -3.64. The molecule has 4 fully saturated rings. The van der Waals surface area contributed by atoms with Gasteiger partial charge in [0.15, 0.2) is 11.8 Å². The van der Waals surface area contributed by atoms with Crippen molar-refractivity contribution in [2.24, 2.45) is 5.41 Å². The largest absolute Gasteiger partial charge is 0.499 e. The molecule has 2 unspecified atom stereocenters. The van der Waals surface area contributed by atoms with Gasteiger partial charge in [-0.1, -0.05) is 63.8 Å². The van der Waals surface area contributed by atoms with Crippen LogP contribution in [-0.4, -0.2) is 124 Å². The van der Waals surface area contributed by atoms with Crippen LogP contribution in [0, 0.1) is 5.41 Å². The molecule has 0 aromatic heterocycles. The average molecular weight is 846 g/mol. The van der Waals surface area contributed by atoms with Gasteiger partial charge in [-0.15, -0.1) is 0 Å². The fourth-order valence-electron chi connectivity index (χ4n) is 8.78. The van der Waals surface area contributed by atoms with Gasteiger partial charge in [-0.25, -0.2) is 0 Å². The van der Waals surface area contributed by atoms with Crippen molar-refractivity contribution in [3.63, 3.8) is 0 Å². The minimum atomic E-state index is -1.64. The second-order valence-electron chi connectivity index (χ2n) is 17.6. The Kier molecular flexibility index (Phi) is 16.6. The standard InChI is InChI=1S/C44H67N3O13/c1-7-9-11-19-43(20-12-10-8-2)58-35-32-25-44(41(54)46-34(28(3)50)39(52)45-31(27-49)16-17-33(51)57-42(4,5)6)37(40(53)56-32)47(60-38(44)36(35)59-43)26-30-15-13-14-29(24-30)18-22-55-23-21-48/h13-15,18,22,24,28,31-32,34-38,48-50H,7-12,16-17,19-21,23,25-27H2,1-6H3,(H,45,52)(H,46,54)/t28-,31-,32?,34+,35-,36-,37-,38+,44?/m0/s1. The van der Waals surface area contributed by atoms with Gasteiger partial charge < -0.3 is 49.6 Å². The van der Waals surface area contributed by atoms with Crippen molar-refractivity contribution >= 4 is 29.8 Å². The van der Waals surface area contributed by atoms with Crippen LogP contribution in [0.5, 0.6) is 0 Å². The molecule has 336 valence electrons. The van der Waals surface area contributed by atoms with Crippen molar-refractivity contribution in [3.8, 4) is 0 Å². The number of carbonyl (C=O) groups excluding carboxylic acids is 4. The Morgan fingerprint density at radius 1 is 1.03 bits per heavy atom. The number of benzene rings is 1. The van der Waals surface area contributed by atoms with E-state index in [0.717, 1.165) is 49.7 Å². The highest BCUT2D eigenvalue weighted by atomic mass is 16.8. The maximum absolute atomic E-state index is 15.1. The summed E-state index contributed by atoms with van der Waals surface area (Å²) in [6, 6.07) is 3.79. The Morgan fingerprint density at radius 2 is 1.73 bits per heavy atom. The van der Waals surface area contributed by atoms with Gasteiger partial charge in [0.25, 0.3) is 0 Å². The molecule has 0 radical (unpaired) electrons. The second-order valence-corrected chi connectivity index (χ2v) is 17.6. The molecule has 1 aliphatic carbocycles. The number of amides is 2. The Labute approximate surface area is 353 Å². The number of unbranched alkanes of at least 4 members (excludes halogenated alkanes) is 4. The molecule has 16 nitrogen and oxygen atoms in total. The van der Waals surface area contributed by atoms with Crippen molar-refractivity contribution in [2.45, 2.75) is 179 Å². The normalized spacial score (nSPS) is 27.1. The molecule has 3 aliphatic heterocycles. The highest BCUT2D eigenvalue weighted by Crippen LogP contribution is 2.58. The van der Waals surface area contributed by atoms with E-state index >= 15 is 4.79 Å². The summed E-state index contributed by atoms with van der Waals surface area (Å²) in [5.41, 5.74) is -0.809. The van der Waals surface area contributed by atoms with Crippen molar-refractivity contribution < 1.29 is 63.0 Å². The van der Waals surface area contributed by atoms with Crippen molar-refractivity contribution in [1.29, 1.82) is 0 Å². The number of ether oxygens (including phenoxy) is 5. The first-order valence-corrected chi connectivity index (χ1v) is 21.7. The van der Waals surface area contributed by atoms with Crippen LogP contribution in [-0.2, 0) is 54.2 Å². The second kappa shape index (κ2) is 21.0. The van der Waals surface area contributed by atoms with Crippen LogP contribution < -0.4 is 10.6 Å². The first-order valence-electron chi connectivity index (χ1n) is 21.7. The molecule has 1 aromatic rings. The number of esters is 2. The lowest BCUT2D eigenvalue weighted by Gasteiger charge is -2.49. The topological polar surface area (TPSA) is 212 Å². The van der Waals surface area contributed by atoms with Crippen LogP contribution in [0.25, 0.3) is 6.08 Å². The van der Waals surface area contributed by atoms with Gasteiger partial charge in [0.1, 0.15) is 48.1 Å². The van der Waals surface area contributed by atoms with Gasteiger partial charge in [-0.2, -0.15) is 5.06 Å². The number of nitrogens with one attached hydrogen (secondary N) is 2. The average Bonchev–Trinajstić information content (AvgIpc) is 3.75. The molecule has 60 heavy (non-hydrogen) atoms. The Bertz CT molecular complexity index is 1640. The molecular weight excluding hydrogens is 778 g/mol. The summed E-state index contributed by atoms with van der Waals surface area (Å²) in [6.45, 7) is 10.4. The lowest BCUT2D eigenvalue weighted by molar-refractivity contribution is -0.224. The van der Waals surface area contributed by atoms with Gasteiger partial charge in [0.2, 0.25) is 11.8 Å². The quantitative estimate of drug-likeness (QED) is 0.0606. The van der Waals surface area contributed by atoms with Crippen molar-refractivity contribution in [3.05, 3.63) is 41.7 Å². The number of rotatable bonds is 23. The summed E-state index contributed by atoms with van der Waals surface area (Å²) in [6.07, 6.45) is 5.23. The van der Waals surface area contributed by atoms with E-state index in [1.54, 1.807) is 26.8 Å². The molecule has 2 amide bonds. The zero-order valence-electron chi connectivity index (χ0n) is 36.1. The van der Waals surface area contributed by atoms with E-state index in [-0.39, 0.29) is 39.0 Å². The molecule has 5 N–H and O–H groups in total. The predicted molar refractivity (Wildman–Crippen MR) is 218 cm³/mol. The number of aliphatic hydroxyl groups is 3. The van der Waals surface area contributed by atoms with Crippen LogP contribution in [0.4, 0.5) is 0 Å². The van der Waals surface area contributed by atoms with Crippen molar-refractivity contribution in [2.75, 3.05) is 19.8 Å². The fourth-order valence-corrected chi connectivity index (χ4v) is 8.78. The summed E-state index contributed by atoms with van der Waals surface area (Å²) >= 11 is 0. The van der Waals surface area contributed by atoms with Crippen LogP contribution >= 0.6 is 0 Å². The third-order valence-electron chi connectivity index (χ3n) is 11.6. The van der Waals surface area contributed by atoms with Gasteiger partial charge >= 0.3 is 11.9 Å². The van der Waals surface area contributed by atoms with E-state index in [9.17, 15) is 24.6 Å². The number of carbonyl (C=O) groups is 4. The summed E-state index contributed by atoms with van der Waals surface area (Å²) in [5, 5.41) is 37.0. The van der Waals surface area contributed by atoms with Crippen LogP contribution in [0.2, 0.25) is 0 Å². The third-order valence-corrected chi connectivity index (χ3v) is 11.6. The van der Waals surface area contributed by atoms with E-state index in [1.807, 2.05) is 24.3 Å². The van der Waals surface area contributed by atoms with E-state index in [2.05, 4.69) is 24.5 Å². The monoisotopic (exact) mass is 845 g/mol. The van der Waals surface area contributed by atoms with E-state index in [0.29, 0.717) is 12.8 Å². The third kappa shape index (κ3) is 11.2. The summed E-state index contributed by atoms with van der Waals surface area (Å²) in [4.78, 5) is 62.3. The summed E-state index contributed by atoms with van der Waals surface area (Å²) < 4.78 is 30.6. The molecule has 3 heterocycles. The fraction of sp³-hybridized carbons (Fsp3) is 0.727. The zero-order chi connectivity index (χ0) is 43.7. The van der Waals surface area contributed by atoms with Crippen molar-refractivity contribution in [1.82, 2.24) is 15.7 Å². The van der Waals surface area contributed by atoms with E-state index < -0.39 is 95.8 Å². The summed E-state index contributed by atoms with van der Waals surface area (Å²) in [7, 11) is 0. The molecule has 2 bridgehead atoms.